The molecule has 3 aromatic rings. The maximum absolute atomic E-state index is 13.0. The number of fused-ring (bicyclic) bond motifs is 1. The predicted molar refractivity (Wildman–Crippen MR) is 120 cm³/mol. The van der Waals surface area contributed by atoms with E-state index in [-0.39, 0.29) is 10.6 Å². The molecule has 1 aliphatic rings. The van der Waals surface area contributed by atoms with Crippen molar-refractivity contribution in [3.05, 3.63) is 70.7 Å². The van der Waals surface area contributed by atoms with Gasteiger partial charge in [-0.15, -0.1) is 0 Å². The highest BCUT2D eigenvalue weighted by Crippen LogP contribution is 2.29. The Balaban J connectivity index is 1.68. The summed E-state index contributed by atoms with van der Waals surface area (Å²) in [6, 6.07) is 17.6. The third-order valence-electron chi connectivity index (χ3n) is 4.68. The highest BCUT2D eigenvalue weighted by molar-refractivity contribution is 9.10. The maximum atomic E-state index is 13.0. The van der Waals surface area contributed by atoms with Crippen molar-refractivity contribution in [3.8, 4) is 5.75 Å². The molecule has 150 valence electrons. The van der Waals surface area contributed by atoms with Crippen LogP contribution in [0.15, 0.2) is 70.0 Å². The van der Waals surface area contributed by atoms with E-state index in [0.29, 0.717) is 36.9 Å². The molecule has 29 heavy (non-hydrogen) atoms. The van der Waals surface area contributed by atoms with Crippen molar-refractivity contribution in [1.29, 1.82) is 0 Å². The van der Waals surface area contributed by atoms with Crippen LogP contribution in [0.25, 0.3) is 10.8 Å². The van der Waals surface area contributed by atoms with E-state index < -0.39 is 10.1 Å². The molecule has 1 fully saturated rings. The molecular formula is C21H18BrNO4S2. The van der Waals surface area contributed by atoms with E-state index in [0.717, 1.165) is 15.2 Å². The fraction of sp³-hybridized carbons (Fsp3) is 0.190. The molecule has 0 atom stereocenters. The minimum absolute atomic E-state index is 0.0994. The lowest BCUT2D eigenvalue weighted by molar-refractivity contribution is 0.0692. The smallest absolute Gasteiger partial charge is 0.339 e. The zero-order valence-corrected chi connectivity index (χ0v) is 18.6. The number of halogens is 1. The molecule has 5 nitrogen and oxygen atoms in total. The standard InChI is InChI=1S/C21H18BrNO4S2/c22-17-6-8-20(19(14-17)21(28)23-9-11-26-12-10-23)27-29(24,25)18-7-5-15-3-1-2-4-16(15)13-18/h1-8,13-14H,9-12H2. The number of nitrogens with zero attached hydrogens (tertiary/aromatic N) is 1. The van der Waals surface area contributed by atoms with Crippen molar-refractivity contribution in [1.82, 2.24) is 4.90 Å². The van der Waals surface area contributed by atoms with E-state index in [9.17, 15) is 8.42 Å². The zero-order chi connectivity index (χ0) is 20.4. The first-order chi connectivity index (χ1) is 13.9. The SMILES string of the molecule is O=S(=O)(Oc1ccc(Br)cc1C(=S)N1CCOCC1)c1ccc2ccccc2c1. The molecule has 0 amide bonds. The van der Waals surface area contributed by atoms with Gasteiger partial charge in [0.05, 0.1) is 18.8 Å². The van der Waals surface area contributed by atoms with Gasteiger partial charge in [-0.2, -0.15) is 8.42 Å². The zero-order valence-electron chi connectivity index (χ0n) is 15.4. The fourth-order valence-electron chi connectivity index (χ4n) is 3.17. The quantitative estimate of drug-likeness (QED) is 0.398. The second-order valence-corrected chi connectivity index (χ2v) is 9.44. The van der Waals surface area contributed by atoms with Crippen LogP contribution < -0.4 is 4.18 Å². The van der Waals surface area contributed by atoms with Gasteiger partial charge >= 0.3 is 10.1 Å². The first-order valence-corrected chi connectivity index (χ1v) is 11.6. The fourth-order valence-corrected chi connectivity index (χ4v) is 4.86. The van der Waals surface area contributed by atoms with Crippen molar-refractivity contribution < 1.29 is 17.3 Å². The molecule has 1 heterocycles. The number of hydrogen-bond acceptors (Lipinski definition) is 5. The van der Waals surface area contributed by atoms with Crippen LogP contribution in [0.2, 0.25) is 0 Å². The minimum Gasteiger partial charge on any atom is -0.378 e. The lowest BCUT2D eigenvalue weighted by Gasteiger charge is -2.29. The average Bonchev–Trinajstić information content (AvgIpc) is 2.74. The van der Waals surface area contributed by atoms with Gasteiger partial charge < -0.3 is 13.8 Å². The molecule has 1 aliphatic heterocycles. The third kappa shape index (κ3) is 4.45. The Bertz CT molecular complexity index is 1170. The van der Waals surface area contributed by atoms with Crippen molar-refractivity contribution in [2.45, 2.75) is 4.90 Å². The van der Waals surface area contributed by atoms with Crippen molar-refractivity contribution in [2.24, 2.45) is 0 Å². The molecule has 4 rings (SSSR count). The van der Waals surface area contributed by atoms with Crippen LogP contribution in [0.1, 0.15) is 5.56 Å². The third-order valence-corrected chi connectivity index (χ3v) is 6.88. The molecule has 0 N–H and O–H groups in total. The van der Waals surface area contributed by atoms with Gasteiger partial charge in [0, 0.05) is 17.6 Å². The summed E-state index contributed by atoms with van der Waals surface area (Å²) < 4.78 is 37.6. The van der Waals surface area contributed by atoms with Gasteiger partial charge in [-0.05, 0) is 41.1 Å². The monoisotopic (exact) mass is 491 g/mol. The molecule has 0 radical (unpaired) electrons. The molecule has 8 heteroatoms. The highest BCUT2D eigenvalue weighted by atomic mass is 79.9. The first-order valence-electron chi connectivity index (χ1n) is 9.04. The van der Waals surface area contributed by atoms with E-state index in [2.05, 4.69) is 15.9 Å². The van der Waals surface area contributed by atoms with Crippen molar-refractivity contribution >= 4 is 54.0 Å². The van der Waals surface area contributed by atoms with Crippen LogP contribution in [0.4, 0.5) is 0 Å². The predicted octanol–water partition coefficient (Wildman–Crippen LogP) is 4.38. The largest absolute Gasteiger partial charge is 0.378 e. The second-order valence-electron chi connectivity index (χ2n) is 6.59. The molecule has 0 aliphatic carbocycles. The van der Waals surface area contributed by atoms with E-state index in [1.165, 1.54) is 0 Å². The van der Waals surface area contributed by atoms with E-state index in [4.69, 9.17) is 21.1 Å². The second kappa shape index (κ2) is 8.39. The van der Waals surface area contributed by atoms with Gasteiger partial charge in [0.15, 0.2) is 5.75 Å². The van der Waals surface area contributed by atoms with Crippen LogP contribution in [0, 0.1) is 0 Å². The van der Waals surface area contributed by atoms with Gasteiger partial charge in [-0.1, -0.05) is 58.5 Å². The summed E-state index contributed by atoms with van der Waals surface area (Å²) >= 11 is 9.06. The first kappa shape index (κ1) is 20.3. The van der Waals surface area contributed by atoms with Crippen molar-refractivity contribution in [3.63, 3.8) is 0 Å². The molecule has 0 bridgehead atoms. The number of morpholine rings is 1. The Morgan fingerprint density at radius 1 is 1.00 bits per heavy atom. The minimum atomic E-state index is -4.02. The van der Waals surface area contributed by atoms with Gasteiger partial charge in [-0.3, -0.25) is 0 Å². The highest BCUT2D eigenvalue weighted by Gasteiger charge is 2.23. The van der Waals surface area contributed by atoms with Gasteiger partial charge in [0.25, 0.3) is 0 Å². The molecule has 0 saturated carbocycles. The average molecular weight is 492 g/mol. The number of rotatable bonds is 4. The molecular weight excluding hydrogens is 474 g/mol. The molecule has 0 spiro atoms. The van der Waals surface area contributed by atoms with Crippen LogP contribution in [-0.2, 0) is 14.9 Å². The van der Waals surface area contributed by atoms with E-state index >= 15 is 0 Å². The lowest BCUT2D eigenvalue weighted by Crippen LogP contribution is -2.40. The Hall–Kier alpha value is -2.00. The van der Waals surface area contributed by atoms with Crippen LogP contribution in [-0.4, -0.2) is 44.6 Å². The Labute approximate surface area is 183 Å². The summed E-state index contributed by atoms with van der Waals surface area (Å²) in [5.41, 5.74) is 0.556. The molecule has 0 unspecified atom stereocenters. The summed E-state index contributed by atoms with van der Waals surface area (Å²) in [6.07, 6.45) is 0. The Morgan fingerprint density at radius 2 is 1.72 bits per heavy atom. The van der Waals surface area contributed by atoms with Crippen LogP contribution in [0.5, 0.6) is 5.75 Å². The number of hydrogen-bond donors (Lipinski definition) is 0. The molecule has 3 aromatic carbocycles. The van der Waals surface area contributed by atoms with Gasteiger partial charge in [-0.25, -0.2) is 0 Å². The normalized spacial score (nSPS) is 14.7. The summed E-state index contributed by atoms with van der Waals surface area (Å²) in [5, 5.41) is 1.79. The van der Waals surface area contributed by atoms with Gasteiger partial charge in [0.1, 0.15) is 9.88 Å². The van der Waals surface area contributed by atoms with Gasteiger partial charge in [0.2, 0.25) is 0 Å². The van der Waals surface area contributed by atoms with E-state index in [1.807, 2.05) is 29.2 Å². The summed E-state index contributed by atoms with van der Waals surface area (Å²) in [7, 11) is -4.02. The topological polar surface area (TPSA) is 55.8 Å². The summed E-state index contributed by atoms with van der Waals surface area (Å²) in [5.74, 6) is 0.206. The number of thiocarbonyl (C=S) groups is 1. The van der Waals surface area contributed by atoms with Crippen LogP contribution >= 0.6 is 28.1 Å². The van der Waals surface area contributed by atoms with E-state index in [1.54, 1.807) is 36.4 Å². The molecule has 1 saturated heterocycles. The maximum Gasteiger partial charge on any atom is 0.339 e. The molecule has 0 aromatic heterocycles. The number of ether oxygens (including phenoxy) is 1. The van der Waals surface area contributed by atoms with Crippen molar-refractivity contribution in [2.75, 3.05) is 26.3 Å². The summed E-state index contributed by atoms with van der Waals surface area (Å²) in [6.45, 7) is 2.48. The Kier molecular flexibility index (Phi) is 5.87. The Morgan fingerprint density at radius 3 is 2.48 bits per heavy atom. The lowest BCUT2D eigenvalue weighted by atomic mass is 10.1. The number of benzene rings is 3. The summed E-state index contributed by atoms with van der Waals surface area (Å²) in [4.78, 5) is 2.64. The van der Waals surface area contributed by atoms with Crippen LogP contribution in [0.3, 0.4) is 0 Å².